The molecule has 1 aromatic heterocycles. The smallest absolute Gasteiger partial charge is 0.225 e. The first-order valence-electron chi connectivity index (χ1n) is 8.31. The van der Waals surface area contributed by atoms with Crippen LogP contribution in [0.3, 0.4) is 0 Å². The minimum atomic E-state index is 0.458. The molecule has 3 fully saturated rings. The average Bonchev–Trinajstić information content (AvgIpc) is 3.12. The Morgan fingerprint density at radius 2 is 1.76 bits per heavy atom. The number of anilines is 1. The number of aromatic nitrogens is 2. The van der Waals surface area contributed by atoms with Crippen LogP contribution in [0.1, 0.15) is 19.3 Å². The van der Waals surface area contributed by atoms with Crippen LogP contribution in [0.4, 0.5) is 5.95 Å². The first-order chi connectivity index (χ1) is 10.3. The maximum absolute atomic E-state index is 6.44. The van der Waals surface area contributed by atoms with Gasteiger partial charge in [0.25, 0.3) is 0 Å². The SMILES string of the molecule is NC1C2CCC(C2)C1CN1CCN(c2ncccn2)CC1. The van der Waals surface area contributed by atoms with Crippen LogP contribution in [0.2, 0.25) is 0 Å². The van der Waals surface area contributed by atoms with Crippen LogP contribution in [0.25, 0.3) is 0 Å². The molecule has 4 unspecified atom stereocenters. The van der Waals surface area contributed by atoms with Gasteiger partial charge in [-0.25, -0.2) is 9.97 Å². The van der Waals surface area contributed by atoms with Crippen molar-refractivity contribution in [1.82, 2.24) is 14.9 Å². The van der Waals surface area contributed by atoms with Crippen LogP contribution in [0.5, 0.6) is 0 Å². The van der Waals surface area contributed by atoms with Crippen molar-refractivity contribution in [2.45, 2.75) is 25.3 Å². The molecule has 3 aliphatic rings. The van der Waals surface area contributed by atoms with Gasteiger partial charge >= 0.3 is 0 Å². The predicted molar refractivity (Wildman–Crippen MR) is 83.0 cm³/mol. The largest absolute Gasteiger partial charge is 0.338 e. The van der Waals surface area contributed by atoms with Gasteiger partial charge in [0, 0.05) is 51.2 Å². The minimum Gasteiger partial charge on any atom is -0.338 e. The molecule has 1 aliphatic heterocycles. The van der Waals surface area contributed by atoms with Gasteiger partial charge in [0.2, 0.25) is 5.95 Å². The van der Waals surface area contributed by atoms with Crippen molar-refractivity contribution in [1.29, 1.82) is 0 Å². The Morgan fingerprint density at radius 3 is 2.43 bits per heavy atom. The highest BCUT2D eigenvalue weighted by Crippen LogP contribution is 2.47. The summed E-state index contributed by atoms with van der Waals surface area (Å²) in [5.41, 5.74) is 6.44. The normalized spacial score (nSPS) is 36.3. The molecule has 2 heterocycles. The van der Waals surface area contributed by atoms with Gasteiger partial charge in [0.05, 0.1) is 0 Å². The summed E-state index contributed by atoms with van der Waals surface area (Å²) in [6, 6.07) is 2.33. The van der Waals surface area contributed by atoms with Crippen molar-refractivity contribution in [3.8, 4) is 0 Å². The molecular formula is C16H25N5. The van der Waals surface area contributed by atoms with Gasteiger partial charge in [-0.2, -0.15) is 0 Å². The second-order valence-electron chi connectivity index (χ2n) is 6.91. The Morgan fingerprint density at radius 1 is 1.05 bits per heavy atom. The van der Waals surface area contributed by atoms with Crippen molar-refractivity contribution in [3.63, 3.8) is 0 Å². The molecule has 5 nitrogen and oxygen atoms in total. The molecule has 0 aromatic carbocycles. The molecule has 1 aromatic rings. The van der Waals surface area contributed by atoms with Crippen LogP contribution in [-0.2, 0) is 0 Å². The topological polar surface area (TPSA) is 58.3 Å². The summed E-state index contributed by atoms with van der Waals surface area (Å²) >= 11 is 0. The monoisotopic (exact) mass is 287 g/mol. The van der Waals surface area contributed by atoms with E-state index in [4.69, 9.17) is 5.73 Å². The Bertz CT molecular complexity index is 469. The lowest BCUT2D eigenvalue weighted by atomic mass is 9.84. The molecule has 2 aliphatic carbocycles. The summed E-state index contributed by atoms with van der Waals surface area (Å²) in [6.45, 7) is 5.48. The van der Waals surface area contributed by atoms with E-state index in [2.05, 4.69) is 19.8 Å². The van der Waals surface area contributed by atoms with E-state index in [0.717, 1.165) is 49.9 Å². The quantitative estimate of drug-likeness (QED) is 0.898. The highest BCUT2D eigenvalue weighted by molar-refractivity contribution is 5.29. The van der Waals surface area contributed by atoms with E-state index in [0.29, 0.717) is 6.04 Å². The van der Waals surface area contributed by atoms with E-state index in [-0.39, 0.29) is 0 Å². The molecule has 114 valence electrons. The molecule has 4 rings (SSSR count). The van der Waals surface area contributed by atoms with Gasteiger partial charge in [-0.1, -0.05) is 0 Å². The fraction of sp³-hybridized carbons (Fsp3) is 0.750. The van der Waals surface area contributed by atoms with Gasteiger partial charge in [-0.05, 0) is 43.1 Å². The maximum Gasteiger partial charge on any atom is 0.225 e. The third kappa shape index (κ3) is 2.53. The van der Waals surface area contributed by atoms with Gasteiger partial charge in [0.1, 0.15) is 0 Å². The molecule has 2 saturated carbocycles. The third-order valence-corrected chi connectivity index (χ3v) is 5.83. The Labute approximate surface area is 126 Å². The number of rotatable bonds is 3. The average molecular weight is 287 g/mol. The molecule has 21 heavy (non-hydrogen) atoms. The number of hydrogen-bond donors (Lipinski definition) is 1. The Kier molecular flexibility index (Phi) is 3.55. The standard InChI is InChI=1S/C16H25N5/c17-15-13-3-2-12(10-13)14(15)11-20-6-8-21(9-7-20)16-18-4-1-5-19-16/h1,4-5,12-15H,2-3,6-11,17H2. The van der Waals surface area contributed by atoms with Crippen molar-refractivity contribution in [2.24, 2.45) is 23.5 Å². The molecular weight excluding hydrogens is 262 g/mol. The molecule has 2 bridgehead atoms. The zero-order chi connectivity index (χ0) is 14.2. The lowest BCUT2D eigenvalue weighted by Gasteiger charge is -2.38. The summed E-state index contributed by atoms with van der Waals surface area (Å²) in [7, 11) is 0. The molecule has 5 heteroatoms. The van der Waals surface area contributed by atoms with Crippen molar-refractivity contribution < 1.29 is 0 Å². The van der Waals surface area contributed by atoms with E-state index >= 15 is 0 Å². The third-order valence-electron chi connectivity index (χ3n) is 5.83. The molecule has 2 N–H and O–H groups in total. The van der Waals surface area contributed by atoms with Crippen molar-refractivity contribution in [2.75, 3.05) is 37.6 Å². The van der Waals surface area contributed by atoms with Crippen LogP contribution in [0.15, 0.2) is 18.5 Å². The first kappa shape index (κ1) is 13.5. The van der Waals surface area contributed by atoms with Gasteiger partial charge in [-0.3, -0.25) is 4.90 Å². The zero-order valence-electron chi connectivity index (χ0n) is 12.6. The highest BCUT2D eigenvalue weighted by Gasteiger charge is 2.46. The van der Waals surface area contributed by atoms with E-state index < -0.39 is 0 Å². The van der Waals surface area contributed by atoms with E-state index in [1.807, 2.05) is 18.5 Å². The van der Waals surface area contributed by atoms with Gasteiger partial charge in [0.15, 0.2) is 0 Å². The second-order valence-corrected chi connectivity index (χ2v) is 6.91. The number of piperazine rings is 1. The number of nitrogens with two attached hydrogens (primary N) is 1. The maximum atomic E-state index is 6.44. The summed E-state index contributed by atoms with van der Waals surface area (Å²) in [5, 5.41) is 0. The Balaban J connectivity index is 1.32. The van der Waals surface area contributed by atoms with Crippen molar-refractivity contribution >= 4 is 5.95 Å². The number of nitrogens with zero attached hydrogens (tertiary/aromatic N) is 4. The predicted octanol–water partition coefficient (Wildman–Crippen LogP) is 0.972. The summed E-state index contributed by atoms with van der Waals surface area (Å²) in [6.07, 6.45) is 7.83. The molecule has 0 spiro atoms. The minimum absolute atomic E-state index is 0.458. The van der Waals surface area contributed by atoms with Crippen LogP contribution in [0, 0.1) is 17.8 Å². The van der Waals surface area contributed by atoms with Crippen LogP contribution < -0.4 is 10.6 Å². The van der Waals surface area contributed by atoms with Gasteiger partial charge < -0.3 is 10.6 Å². The van der Waals surface area contributed by atoms with E-state index in [1.165, 1.54) is 25.8 Å². The molecule has 0 radical (unpaired) electrons. The lowest BCUT2D eigenvalue weighted by Crippen LogP contribution is -2.51. The first-order valence-corrected chi connectivity index (χ1v) is 8.31. The van der Waals surface area contributed by atoms with Crippen LogP contribution in [-0.4, -0.2) is 53.6 Å². The highest BCUT2D eigenvalue weighted by atomic mass is 15.3. The lowest BCUT2D eigenvalue weighted by molar-refractivity contribution is 0.167. The Hall–Kier alpha value is -1.20. The summed E-state index contributed by atoms with van der Waals surface area (Å²) < 4.78 is 0. The van der Waals surface area contributed by atoms with E-state index in [9.17, 15) is 0 Å². The van der Waals surface area contributed by atoms with E-state index in [1.54, 1.807) is 0 Å². The number of hydrogen-bond acceptors (Lipinski definition) is 5. The summed E-state index contributed by atoms with van der Waals surface area (Å²) in [5.74, 6) is 3.33. The molecule has 0 amide bonds. The molecule has 4 atom stereocenters. The fourth-order valence-electron chi connectivity index (χ4n) is 4.61. The summed E-state index contributed by atoms with van der Waals surface area (Å²) in [4.78, 5) is 13.6. The zero-order valence-corrected chi connectivity index (χ0v) is 12.6. The fourth-order valence-corrected chi connectivity index (χ4v) is 4.61. The molecule has 1 saturated heterocycles. The van der Waals surface area contributed by atoms with Gasteiger partial charge in [-0.15, -0.1) is 0 Å². The van der Waals surface area contributed by atoms with Crippen LogP contribution >= 0.6 is 0 Å². The van der Waals surface area contributed by atoms with Crippen molar-refractivity contribution in [3.05, 3.63) is 18.5 Å². The second kappa shape index (κ2) is 5.54. The number of fused-ring (bicyclic) bond motifs is 2.